The number of nitrogens with zero attached hydrogens (tertiary/aromatic N) is 1. The third kappa shape index (κ3) is 5.35. The molecular weight excluding hydrogens is 378 g/mol. The maximum Gasteiger partial charge on any atom is 0.247 e. The number of amides is 3. The molecule has 2 saturated heterocycles. The van der Waals surface area contributed by atoms with Crippen LogP contribution in [0, 0.1) is 0 Å². The first-order valence-corrected chi connectivity index (χ1v) is 10.2. The monoisotopic (exact) mass is 403 g/mol. The number of piperidine rings is 1. The zero-order chi connectivity index (χ0) is 19.9. The van der Waals surface area contributed by atoms with Gasteiger partial charge in [0.25, 0.3) is 0 Å². The number of likely N-dealkylation sites (tertiary alicyclic amines) is 1. The molecule has 2 heterocycles. The minimum Gasteiger partial charge on any atom is -0.354 e. The summed E-state index contributed by atoms with van der Waals surface area (Å²) in [6, 6.07) is 6.14. The van der Waals surface area contributed by atoms with Crippen LogP contribution in [0.5, 0.6) is 0 Å². The number of nitrogens with one attached hydrogen (secondary N) is 2. The largest absolute Gasteiger partial charge is 0.354 e. The van der Waals surface area contributed by atoms with Crippen LogP contribution in [0.2, 0.25) is 5.02 Å². The van der Waals surface area contributed by atoms with E-state index < -0.39 is 12.1 Å². The predicted molar refractivity (Wildman–Crippen MR) is 109 cm³/mol. The molecule has 150 valence electrons. The molecule has 2 atom stereocenters. The van der Waals surface area contributed by atoms with E-state index in [1.54, 1.807) is 23.1 Å². The molecule has 0 bridgehead atoms. The zero-order valence-corrected chi connectivity index (χ0v) is 16.6. The summed E-state index contributed by atoms with van der Waals surface area (Å²) >= 11 is 5.88. The van der Waals surface area contributed by atoms with Gasteiger partial charge in [-0.05, 0) is 62.3 Å². The van der Waals surface area contributed by atoms with E-state index in [-0.39, 0.29) is 17.7 Å². The second-order valence-corrected chi connectivity index (χ2v) is 7.71. The Hall–Kier alpha value is -2.34. The summed E-state index contributed by atoms with van der Waals surface area (Å²) in [5.41, 5.74) is 0.867. The van der Waals surface area contributed by atoms with Crippen LogP contribution < -0.4 is 10.6 Å². The van der Waals surface area contributed by atoms with Crippen molar-refractivity contribution >= 4 is 35.4 Å². The van der Waals surface area contributed by atoms with Crippen LogP contribution >= 0.6 is 11.6 Å². The fourth-order valence-electron chi connectivity index (χ4n) is 3.65. The zero-order valence-electron chi connectivity index (χ0n) is 15.8. The molecule has 3 rings (SSSR count). The third-order valence-corrected chi connectivity index (χ3v) is 5.48. The number of hydrogen-bond acceptors (Lipinski definition) is 3. The standard InChI is InChI=1S/C21H26ClN3O3/c22-16-10-7-15(8-11-16)9-12-19(26)25-14-4-2-6-18(25)21(28)24-17-5-1-3-13-23-20(17)27/h7-12,17-18H,1-6,13-14H2,(H,23,27)(H,24,28). The first-order valence-electron chi connectivity index (χ1n) is 9.87. The van der Waals surface area contributed by atoms with Crippen molar-refractivity contribution in [3.63, 3.8) is 0 Å². The summed E-state index contributed by atoms with van der Waals surface area (Å²) in [5, 5.41) is 6.32. The molecule has 0 spiro atoms. The number of halogens is 1. The molecular formula is C21H26ClN3O3. The molecule has 2 N–H and O–H groups in total. The van der Waals surface area contributed by atoms with E-state index in [1.165, 1.54) is 6.08 Å². The van der Waals surface area contributed by atoms with Crippen LogP contribution in [-0.4, -0.2) is 47.8 Å². The molecule has 2 aliphatic heterocycles. The Balaban J connectivity index is 1.65. The van der Waals surface area contributed by atoms with Crippen LogP contribution in [0.1, 0.15) is 44.1 Å². The van der Waals surface area contributed by atoms with Crippen LogP contribution in [-0.2, 0) is 14.4 Å². The highest BCUT2D eigenvalue weighted by molar-refractivity contribution is 6.30. The minimum atomic E-state index is -0.535. The van der Waals surface area contributed by atoms with Crippen molar-refractivity contribution in [2.75, 3.05) is 13.1 Å². The van der Waals surface area contributed by atoms with E-state index >= 15 is 0 Å². The van der Waals surface area contributed by atoms with Gasteiger partial charge in [-0.25, -0.2) is 0 Å². The maximum atomic E-state index is 12.8. The summed E-state index contributed by atoms with van der Waals surface area (Å²) in [5.74, 6) is -0.572. The van der Waals surface area contributed by atoms with Gasteiger partial charge in [0, 0.05) is 24.2 Å². The molecule has 1 aromatic rings. The average Bonchev–Trinajstić information content (AvgIpc) is 2.91. The van der Waals surface area contributed by atoms with Crippen LogP contribution in [0.3, 0.4) is 0 Å². The number of benzene rings is 1. The molecule has 28 heavy (non-hydrogen) atoms. The second-order valence-electron chi connectivity index (χ2n) is 7.28. The molecule has 0 radical (unpaired) electrons. The van der Waals surface area contributed by atoms with E-state index in [4.69, 9.17) is 11.6 Å². The summed E-state index contributed by atoms with van der Waals surface area (Å²) in [6.07, 6.45) is 8.03. The molecule has 6 nitrogen and oxygen atoms in total. The lowest BCUT2D eigenvalue weighted by Gasteiger charge is -2.34. The summed E-state index contributed by atoms with van der Waals surface area (Å²) < 4.78 is 0. The number of rotatable bonds is 4. The van der Waals surface area contributed by atoms with Gasteiger partial charge in [0.1, 0.15) is 12.1 Å². The molecule has 1 aromatic carbocycles. The van der Waals surface area contributed by atoms with Crippen LogP contribution in [0.25, 0.3) is 6.08 Å². The Morgan fingerprint density at radius 2 is 1.86 bits per heavy atom. The lowest BCUT2D eigenvalue weighted by molar-refractivity contribution is -0.140. The van der Waals surface area contributed by atoms with Crippen molar-refractivity contribution in [1.29, 1.82) is 0 Å². The van der Waals surface area contributed by atoms with E-state index in [9.17, 15) is 14.4 Å². The number of carbonyl (C=O) groups excluding carboxylic acids is 3. The Morgan fingerprint density at radius 3 is 2.64 bits per heavy atom. The Kier molecular flexibility index (Phi) is 7.09. The molecule has 2 fully saturated rings. The van der Waals surface area contributed by atoms with E-state index in [2.05, 4.69) is 10.6 Å². The molecule has 7 heteroatoms. The van der Waals surface area contributed by atoms with Crippen molar-refractivity contribution < 1.29 is 14.4 Å². The van der Waals surface area contributed by atoms with Crippen molar-refractivity contribution in [2.45, 2.75) is 50.6 Å². The Labute approximate surface area is 170 Å². The van der Waals surface area contributed by atoms with Gasteiger partial charge >= 0.3 is 0 Å². The quantitative estimate of drug-likeness (QED) is 0.758. The maximum absolute atomic E-state index is 12.8. The molecule has 2 aliphatic rings. The van der Waals surface area contributed by atoms with Crippen molar-refractivity contribution in [2.24, 2.45) is 0 Å². The highest BCUT2D eigenvalue weighted by Crippen LogP contribution is 2.19. The van der Waals surface area contributed by atoms with Crippen molar-refractivity contribution in [3.8, 4) is 0 Å². The first kappa shape index (κ1) is 20.4. The smallest absolute Gasteiger partial charge is 0.247 e. The fraction of sp³-hybridized carbons (Fsp3) is 0.476. The van der Waals surface area contributed by atoms with E-state index in [1.807, 2.05) is 12.1 Å². The van der Waals surface area contributed by atoms with Gasteiger partial charge in [0.05, 0.1) is 0 Å². The second kappa shape index (κ2) is 9.73. The predicted octanol–water partition coefficient (Wildman–Crippen LogP) is 2.52. The van der Waals surface area contributed by atoms with Gasteiger partial charge in [0.2, 0.25) is 17.7 Å². The van der Waals surface area contributed by atoms with E-state index in [0.29, 0.717) is 31.0 Å². The van der Waals surface area contributed by atoms with Gasteiger partial charge in [-0.1, -0.05) is 23.7 Å². The molecule has 0 aliphatic carbocycles. The van der Waals surface area contributed by atoms with Gasteiger partial charge in [0.15, 0.2) is 0 Å². The highest BCUT2D eigenvalue weighted by atomic mass is 35.5. The summed E-state index contributed by atoms with van der Waals surface area (Å²) in [6.45, 7) is 1.19. The normalized spacial score (nSPS) is 23.2. The minimum absolute atomic E-state index is 0.137. The molecule has 0 aromatic heterocycles. The summed E-state index contributed by atoms with van der Waals surface area (Å²) in [4.78, 5) is 39.3. The van der Waals surface area contributed by atoms with Gasteiger partial charge in [-0.15, -0.1) is 0 Å². The van der Waals surface area contributed by atoms with Crippen LogP contribution in [0.15, 0.2) is 30.3 Å². The molecule has 2 unspecified atom stereocenters. The number of carbonyl (C=O) groups is 3. The van der Waals surface area contributed by atoms with E-state index in [0.717, 1.165) is 31.2 Å². The van der Waals surface area contributed by atoms with Gasteiger partial charge < -0.3 is 15.5 Å². The lowest BCUT2D eigenvalue weighted by atomic mass is 10.00. The fourth-order valence-corrected chi connectivity index (χ4v) is 3.78. The SMILES string of the molecule is O=C1NCCCCC1NC(=O)C1CCCCN1C(=O)C=Cc1ccc(Cl)cc1. The highest BCUT2D eigenvalue weighted by Gasteiger charge is 2.33. The molecule has 3 amide bonds. The number of hydrogen-bond donors (Lipinski definition) is 2. The topological polar surface area (TPSA) is 78.5 Å². The third-order valence-electron chi connectivity index (χ3n) is 5.23. The molecule has 0 saturated carbocycles. The van der Waals surface area contributed by atoms with Crippen molar-refractivity contribution in [3.05, 3.63) is 40.9 Å². The Bertz CT molecular complexity index is 748. The van der Waals surface area contributed by atoms with Gasteiger partial charge in [-0.3, -0.25) is 14.4 Å². The van der Waals surface area contributed by atoms with Crippen LogP contribution in [0.4, 0.5) is 0 Å². The Morgan fingerprint density at radius 1 is 1.11 bits per heavy atom. The summed E-state index contributed by atoms with van der Waals surface area (Å²) in [7, 11) is 0. The lowest BCUT2D eigenvalue weighted by Crippen LogP contribution is -2.55. The first-order chi connectivity index (χ1) is 13.5. The van der Waals surface area contributed by atoms with Crippen molar-refractivity contribution in [1.82, 2.24) is 15.5 Å². The average molecular weight is 404 g/mol. The van der Waals surface area contributed by atoms with Gasteiger partial charge in [-0.2, -0.15) is 0 Å².